The quantitative estimate of drug-likeness (QED) is 0.345. The van der Waals surface area contributed by atoms with Gasteiger partial charge in [0.25, 0.3) is 5.56 Å². The number of pyridine rings is 2. The van der Waals surface area contributed by atoms with E-state index in [4.69, 9.17) is 9.47 Å². The summed E-state index contributed by atoms with van der Waals surface area (Å²) in [6.45, 7) is 10.9. The Labute approximate surface area is 224 Å². The maximum absolute atomic E-state index is 13.6. The summed E-state index contributed by atoms with van der Waals surface area (Å²) in [6.07, 6.45) is 5.99. The number of likely N-dealkylation sites (tertiary alicyclic amines) is 1. The number of nitrogens with one attached hydrogen (secondary N) is 1. The highest BCUT2D eigenvalue weighted by molar-refractivity contribution is 5.78. The predicted molar refractivity (Wildman–Crippen MR) is 149 cm³/mol. The van der Waals surface area contributed by atoms with Crippen molar-refractivity contribution in [2.45, 2.75) is 52.7 Å². The number of methoxy groups -OCH3 is 1. The number of nitrogens with zero attached hydrogens (tertiary/aromatic N) is 5. The third-order valence-corrected chi connectivity index (χ3v) is 6.76. The molecular weight excluding hydrogens is 484 g/mol. The number of aromatic nitrogens is 4. The first-order valence-corrected chi connectivity index (χ1v) is 13.4. The van der Waals surface area contributed by atoms with Gasteiger partial charge < -0.3 is 24.8 Å². The standard InChI is InChI=1S/C28H40N6O4/c1-5-12-38-13-11-34-23-14-21(20-8-9-24(37-4)29-15-20)16-30-25(23)32-26(27(34)36)31-18-28(2,3)19-33-10-6-7-22(35)17-33/h8-9,14-16,22,35H,5-7,10-13,17-19H2,1-4H3,(H,30,31,32)/t22-/m0/s1. The van der Waals surface area contributed by atoms with Crippen LogP contribution in [-0.4, -0.2) is 82.1 Å². The summed E-state index contributed by atoms with van der Waals surface area (Å²) in [5.41, 5.74) is 2.51. The average molecular weight is 525 g/mol. The Morgan fingerprint density at radius 1 is 1.18 bits per heavy atom. The SMILES string of the molecule is CCCOCCn1c(=O)c(NCC(C)(C)CN2CCC[C@H](O)C2)nc2ncc(-c3ccc(OC)nc3)cc21. The van der Waals surface area contributed by atoms with Crippen LogP contribution in [-0.2, 0) is 11.3 Å². The van der Waals surface area contributed by atoms with E-state index in [-0.39, 0.29) is 22.9 Å². The van der Waals surface area contributed by atoms with Gasteiger partial charge in [0.05, 0.1) is 25.3 Å². The molecule has 0 spiro atoms. The summed E-state index contributed by atoms with van der Waals surface area (Å²) in [6, 6.07) is 5.63. The zero-order valence-corrected chi connectivity index (χ0v) is 22.9. The molecule has 0 amide bonds. The Balaban J connectivity index is 1.60. The minimum atomic E-state index is -0.263. The maximum atomic E-state index is 13.6. The van der Waals surface area contributed by atoms with Crippen molar-refractivity contribution in [1.29, 1.82) is 0 Å². The smallest absolute Gasteiger partial charge is 0.293 e. The number of anilines is 1. The van der Waals surface area contributed by atoms with Crippen LogP contribution >= 0.6 is 0 Å². The molecule has 0 radical (unpaired) electrons. The van der Waals surface area contributed by atoms with E-state index in [9.17, 15) is 9.90 Å². The van der Waals surface area contributed by atoms with Crippen molar-refractivity contribution in [3.05, 3.63) is 40.9 Å². The molecule has 38 heavy (non-hydrogen) atoms. The van der Waals surface area contributed by atoms with E-state index in [1.54, 1.807) is 30.1 Å². The molecule has 10 heteroatoms. The molecule has 206 valence electrons. The van der Waals surface area contributed by atoms with E-state index in [1.807, 2.05) is 12.1 Å². The molecule has 0 bridgehead atoms. The van der Waals surface area contributed by atoms with Gasteiger partial charge in [-0.2, -0.15) is 0 Å². The van der Waals surface area contributed by atoms with Gasteiger partial charge in [-0.15, -0.1) is 0 Å². The van der Waals surface area contributed by atoms with Gasteiger partial charge in [0.1, 0.15) is 0 Å². The number of rotatable bonds is 12. The minimum absolute atomic E-state index is 0.131. The van der Waals surface area contributed by atoms with E-state index < -0.39 is 0 Å². The lowest BCUT2D eigenvalue weighted by atomic mass is 9.91. The number of hydrogen-bond donors (Lipinski definition) is 2. The molecule has 4 heterocycles. The summed E-state index contributed by atoms with van der Waals surface area (Å²) >= 11 is 0. The molecule has 4 rings (SSSR count). The zero-order chi connectivity index (χ0) is 27.1. The molecule has 1 aliphatic heterocycles. The maximum Gasteiger partial charge on any atom is 0.293 e. The monoisotopic (exact) mass is 524 g/mol. The second kappa shape index (κ2) is 12.6. The van der Waals surface area contributed by atoms with Gasteiger partial charge in [-0.25, -0.2) is 15.0 Å². The van der Waals surface area contributed by atoms with Gasteiger partial charge in [0.2, 0.25) is 5.88 Å². The summed E-state index contributed by atoms with van der Waals surface area (Å²) in [5, 5.41) is 13.3. The van der Waals surface area contributed by atoms with Crippen molar-refractivity contribution >= 4 is 17.0 Å². The lowest BCUT2D eigenvalue weighted by Crippen LogP contribution is -2.45. The van der Waals surface area contributed by atoms with Crippen LogP contribution in [0.5, 0.6) is 5.88 Å². The Morgan fingerprint density at radius 3 is 2.71 bits per heavy atom. The van der Waals surface area contributed by atoms with Gasteiger partial charge in [0.15, 0.2) is 11.5 Å². The fourth-order valence-corrected chi connectivity index (χ4v) is 4.85. The number of aliphatic hydroxyl groups excluding tert-OH is 1. The van der Waals surface area contributed by atoms with Gasteiger partial charge >= 0.3 is 0 Å². The third kappa shape index (κ3) is 7.06. The van der Waals surface area contributed by atoms with E-state index in [0.29, 0.717) is 49.9 Å². The van der Waals surface area contributed by atoms with Crippen molar-refractivity contribution in [2.24, 2.45) is 5.41 Å². The molecule has 3 aromatic heterocycles. The normalized spacial score (nSPS) is 16.6. The highest BCUT2D eigenvalue weighted by atomic mass is 16.5. The summed E-state index contributed by atoms with van der Waals surface area (Å²) in [5.74, 6) is 0.815. The lowest BCUT2D eigenvalue weighted by molar-refractivity contribution is 0.0524. The highest BCUT2D eigenvalue weighted by Gasteiger charge is 2.26. The Morgan fingerprint density at radius 2 is 2.00 bits per heavy atom. The van der Waals surface area contributed by atoms with Gasteiger partial charge in [0, 0.05) is 62.4 Å². The number of piperidine rings is 1. The minimum Gasteiger partial charge on any atom is -0.481 e. The van der Waals surface area contributed by atoms with Gasteiger partial charge in [-0.1, -0.05) is 20.8 Å². The summed E-state index contributed by atoms with van der Waals surface area (Å²) < 4.78 is 12.6. The van der Waals surface area contributed by atoms with Crippen molar-refractivity contribution in [1.82, 2.24) is 24.4 Å². The van der Waals surface area contributed by atoms with Crippen LogP contribution in [0.1, 0.15) is 40.0 Å². The molecule has 3 aromatic rings. The van der Waals surface area contributed by atoms with Crippen LogP contribution < -0.4 is 15.6 Å². The molecule has 0 aromatic carbocycles. The van der Waals surface area contributed by atoms with Gasteiger partial charge in [-0.3, -0.25) is 9.36 Å². The fourth-order valence-electron chi connectivity index (χ4n) is 4.85. The highest BCUT2D eigenvalue weighted by Crippen LogP contribution is 2.24. The van der Waals surface area contributed by atoms with Crippen molar-refractivity contribution in [2.75, 3.05) is 51.8 Å². The van der Waals surface area contributed by atoms with Crippen LogP contribution in [0.3, 0.4) is 0 Å². The molecule has 1 saturated heterocycles. The first kappa shape index (κ1) is 27.9. The number of fused-ring (bicyclic) bond motifs is 1. The van der Waals surface area contributed by atoms with Crippen LogP contribution in [0, 0.1) is 5.41 Å². The zero-order valence-electron chi connectivity index (χ0n) is 22.9. The molecule has 1 atom stereocenters. The molecule has 2 N–H and O–H groups in total. The second-order valence-electron chi connectivity index (χ2n) is 10.7. The molecule has 1 fully saturated rings. The van der Waals surface area contributed by atoms with E-state index in [1.165, 1.54) is 0 Å². The molecular formula is C28H40N6O4. The summed E-state index contributed by atoms with van der Waals surface area (Å²) in [7, 11) is 1.58. The second-order valence-corrected chi connectivity index (χ2v) is 10.7. The predicted octanol–water partition coefficient (Wildman–Crippen LogP) is 3.18. The Kier molecular flexibility index (Phi) is 9.30. The van der Waals surface area contributed by atoms with Crippen LogP contribution in [0.2, 0.25) is 0 Å². The molecule has 10 nitrogen and oxygen atoms in total. The molecule has 0 unspecified atom stereocenters. The largest absolute Gasteiger partial charge is 0.481 e. The topological polar surface area (TPSA) is 115 Å². The van der Waals surface area contributed by atoms with Crippen molar-refractivity contribution in [3.63, 3.8) is 0 Å². The number of aliphatic hydroxyl groups is 1. The first-order chi connectivity index (χ1) is 18.3. The fraction of sp³-hybridized carbons (Fsp3) is 0.571. The van der Waals surface area contributed by atoms with E-state index >= 15 is 0 Å². The van der Waals surface area contributed by atoms with Crippen LogP contribution in [0.4, 0.5) is 5.82 Å². The first-order valence-electron chi connectivity index (χ1n) is 13.4. The number of β-amino-alcohol motifs (C(OH)–C–C–N with tert-alkyl or cyclic N) is 1. The third-order valence-electron chi connectivity index (χ3n) is 6.76. The van der Waals surface area contributed by atoms with Crippen LogP contribution in [0.15, 0.2) is 35.4 Å². The van der Waals surface area contributed by atoms with Crippen molar-refractivity contribution < 1.29 is 14.6 Å². The summed E-state index contributed by atoms with van der Waals surface area (Å²) in [4.78, 5) is 29.4. The van der Waals surface area contributed by atoms with Crippen molar-refractivity contribution in [3.8, 4) is 17.0 Å². The van der Waals surface area contributed by atoms with E-state index in [0.717, 1.165) is 43.5 Å². The number of ether oxygens (including phenoxy) is 2. The molecule has 0 saturated carbocycles. The number of hydrogen-bond acceptors (Lipinski definition) is 9. The average Bonchev–Trinajstić information content (AvgIpc) is 2.90. The van der Waals surface area contributed by atoms with Gasteiger partial charge in [-0.05, 0) is 43.4 Å². The molecule has 0 aliphatic carbocycles. The Bertz CT molecular complexity index is 1260. The van der Waals surface area contributed by atoms with Crippen LogP contribution in [0.25, 0.3) is 22.3 Å². The Hall–Kier alpha value is -3.08. The van der Waals surface area contributed by atoms with E-state index in [2.05, 4.69) is 45.9 Å². The lowest BCUT2D eigenvalue weighted by Gasteiger charge is -2.36. The molecule has 1 aliphatic rings.